The van der Waals surface area contributed by atoms with Crippen LogP contribution < -0.4 is 10.6 Å². The van der Waals surface area contributed by atoms with Crippen molar-refractivity contribution in [1.29, 1.82) is 0 Å². The molecule has 6 heteroatoms. The Balaban J connectivity index is 1.98. The summed E-state index contributed by atoms with van der Waals surface area (Å²) in [5.41, 5.74) is 1.63. The van der Waals surface area contributed by atoms with Crippen molar-refractivity contribution in [3.05, 3.63) is 29.3 Å². The Bertz CT molecular complexity index is 595. The van der Waals surface area contributed by atoms with E-state index < -0.39 is 5.97 Å². The van der Waals surface area contributed by atoms with Crippen molar-refractivity contribution in [2.75, 3.05) is 5.32 Å². The summed E-state index contributed by atoms with van der Waals surface area (Å²) in [7, 11) is 0. The highest BCUT2D eigenvalue weighted by molar-refractivity contribution is 7.80. The highest BCUT2D eigenvalue weighted by Gasteiger charge is 2.21. The van der Waals surface area contributed by atoms with Gasteiger partial charge in [-0.05, 0) is 49.7 Å². The van der Waals surface area contributed by atoms with Crippen LogP contribution in [0.2, 0.25) is 0 Å². The van der Waals surface area contributed by atoms with Gasteiger partial charge in [-0.25, -0.2) is 4.79 Å². The molecule has 0 aromatic heterocycles. The average molecular weight is 320 g/mol. The fraction of sp³-hybridized carbons (Fsp3) is 0.438. The third kappa shape index (κ3) is 4.27. The van der Waals surface area contributed by atoms with Gasteiger partial charge in [-0.3, -0.25) is 4.79 Å². The molecule has 1 aromatic carbocycles. The van der Waals surface area contributed by atoms with Crippen molar-refractivity contribution in [2.45, 2.75) is 39.0 Å². The number of benzene rings is 1. The molecule has 0 atom stereocenters. The van der Waals surface area contributed by atoms with E-state index in [0.29, 0.717) is 5.69 Å². The quantitative estimate of drug-likeness (QED) is 0.746. The molecule has 1 aliphatic carbocycles. The number of hydrogen-bond acceptors (Lipinski definition) is 3. The average Bonchev–Trinajstić information content (AvgIpc) is 2.50. The predicted molar refractivity (Wildman–Crippen MR) is 89.1 cm³/mol. The molecule has 0 bridgehead atoms. The fourth-order valence-electron chi connectivity index (χ4n) is 2.62. The maximum atomic E-state index is 12.1. The van der Waals surface area contributed by atoms with E-state index in [1.165, 1.54) is 18.6 Å². The number of nitrogens with one attached hydrogen (secondary N) is 2. The molecule has 1 aliphatic rings. The number of rotatable bonds is 3. The minimum Gasteiger partial charge on any atom is -0.478 e. The molecule has 22 heavy (non-hydrogen) atoms. The molecule has 0 spiro atoms. The summed E-state index contributed by atoms with van der Waals surface area (Å²) in [5.74, 6) is -1.02. The monoisotopic (exact) mass is 320 g/mol. The second kappa shape index (κ2) is 7.35. The molecule has 3 N–H and O–H groups in total. The normalized spacial score (nSPS) is 15.1. The third-order valence-corrected chi connectivity index (χ3v) is 4.15. The lowest BCUT2D eigenvalue weighted by Gasteiger charge is -2.21. The first kappa shape index (κ1) is 16.4. The van der Waals surface area contributed by atoms with Crippen molar-refractivity contribution >= 4 is 34.9 Å². The van der Waals surface area contributed by atoms with Crippen LogP contribution in [0.25, 0.3) is 0 Å². The molecule has 0 saturated heterocycles. The number of thiocarbonyl (C=S) groups is 1. The van der Waals surface area contributed by atoms with E-state index in [0.717, 1.165) is 31.2 Å². The Hall–Kier alpha value is -1.95. The summed E-state index contributed by atoms with van der Waals surface area (Å²) in [4.78, 5) is 23.1. The zero-order valence-corrected chi connectivity index (χ0v) is 13.3. The Morgan fingerprint density at radius 3 is 2.55 bits per heavy atom. The van der Waals surface area contributed by atoms with E-state index in [1.807, 2.05) is 6.92 Å². The maximum absolute atomic E-state index is 12.1. The lowest BCUT2D eigenvalue weighted by molar-refractivity contribution is -0.124. The summed E-state index contributed by atoms with van der Waals surface area (Å²) < 4.78 is 0. The van der Waals surface area contributed by atoms with Gasteiger partial charge >= 0.3 is 5.97 Å². The topological polar surface area (TPSA) is 78.4 Å². The van der Waals surface area contributed by atoms with Gasteiger partial charge in [0.1, 0.15) is 0 Å². The molecule has 1 saturated carbocycles. The maximum Gasteiger partial charge on any atom is 0.335 e. The Morgan fingerprint density at radius 1 is 1.23 bits per heavy atom. The van der Waals surface area contributed by atoms with E-state index in [-0.39, 0.29) is 22.5 Å². The molecule has 118 valence electrons. The number of hydrogen-bond donors (Lipinski definition) is 3. The van der Waals surface area contributed by atoms with Crippen LogP contribution >= 0.6 is 12.2 Å². The van der Waals surface area contributed by atoms with Crippen LogP contribution in [0.4, 0.5) is 5.69 Å². The van der Waals surface area contributed by atoms with Crippen LogP contribution in [0.5, 0.6) is 0 Å². The van der Waals surface area contributed by atoms with E-state index in [1.54, 1.807) is 6.07 Å². The highest BCUT2D eigenvalue weighted by atomic mass is 32.1. The molecular formula is C16H20N2O3S. The van der Waals surface area contributed by atoms with Crippen molar-refractivity contribution in [3.8, 4) is 0 Å². The van der Waals surface area contributed by atoms with Gasteiger partial charge in [0.15, 0.2) is 5.11 Å². The Kier molecular flexibility index (Phi) is 5.49. The van der Waals surface area contributed by atoms with Gasteiger partial charge in [0, 0.05) is 11.6 Å². The van der Waals surface area contributed by atoms with Gasteiger partial charge < -0.3 is 15.7 Å². The first-order valence-corrected chi connectivity index (χ1v) is 7.84. The first-order chi connectivity index (χ1) is 10.5. The molecule has 1 amide bonds. The van der Waals surface area contributed by atoms with Crippen LogP contribution in [0, 0.1) is 12.8 Å². The van der Waals surface area contributed by atoms with E-state index in [4.69, 9.17) is 17.3 Å². The van der Waals surface area contributed by atoms with Gasteiger partial charge in [-0.1, -0.05) is 25.3 Å². The van der Waals surface area contributed by atoms with Gasteiger partial charge in [0.05, 0.1) is 5.56 Å². The minimum absolute atomic E-state index is 0.0277. The number of amides is 1. The number of carbonyl (C=O) groups is 2. The van der Waals surface area contributed by atoms with Gasteiger partial charge in [-0.15, -0.1) is 0 Å². The summed E-state index contributed by atoms with van der Waals surface area (Å²) in [5, 5.41) is 14.8. The second-order valence-electron chi connectivity index (χ2n) is 5.61. The van der Waals surface area contributed by atoms with E-state index in [2.05, 4.69) is 10.6 Å². The van der Waals surface area contributed by atoms with E-state index in [9.17, 15) is 9.59 Å². The second-order valence-corrected chi connectivity index (χ2v) is 6.02. The number of carboxylic acid groups (broad SMARTS) is 1. The molecule has 0 heterocycles. The standard InChI is InChI=1S/C16H20N2O3S/c1-10-7-8-12(15(20)21)9-13(10)17-16(22)18-14(19)11-5-3-2-4-6-11/h7-9,11H,2-6H2,1H3,(H,20,21)(H2,17,18,19,22). The van der Waals surface area contributed by atoms with Crippen LogP contribution in [0.3, 0.4) is 0 Å². The molecule has 1 fully saturated rings. The summed E-state index contributed by atoms with van der Waals surface area (Å²) >= 11 is 5.16. The van der Waals surface area contributed by atoms with Crippen molar-refractivity contribution in [1.82, 2.24) is 5.32 Å². The molecule has 0 radical (unpaired) electrons. The number of carbonyl (C=O) groups excluding carboxylic acids is 1. The lowest BCUT2D eigenvalue weighted by Crippen LogP contribution is -2.39. The fourth-order valence-corrected chi connectivity index (χ4v) is 2.83. The SMILES string of the molecule is Cc1ccc(C(=O)O)cc1NC(=S)NC(=O)C1CCCCC1. The zero-order chi connectivity index (χ0) is 16.1. The summed E-state index contributed by atoms with van der Waals surface area (Å²) in [6.07, 6.45) is 5.16. The highest BCUT2D eigenvalue weighted by Crippen LogP contribution is 2.23. The summed E-state index contributed by atoms with van der Waals surface area (Å²) in [6.45, 7) is 1.85. The predicted octanol–water partition coefficient (Wildman–Crippen LogP) is 3.09. The molecule has 1 aromatic rings. The van der Waals surface area contributed by atoms with Crippen molar-refractivity contribution in [3.63, 3.8) is 0 Å². The lowest BCUT2D eigenvalue weighted by atomic mass is 9.89. The Morgan fingerprint density at radius 2 is 1.91 bits per heavy atom. The number of carboxylic acids is 1. The first-order valence-electron chi connectivity index (χ1n) is 7.43. The molecule has 2 rings (SSSR count). The number of aromatic carboxylic acids is 1. The number of anilines is 1. The van der Waals surface area contributed by atoms with Crippen LogP contribution in [0.1, 0.15) is 48.0 Å². The van der Waals surface area contributed by atoms with Gasteiger partial charge in [0.25, 0.3) is 0 Å². The van der Waals surface area contributed by atoms with Crippen LogP contribution in [0.15, 0.2) is 18.2 Å². The molecule has 5 nitrogen and oxygen atoms in total. The molecular weight excluding hydrogens is 300 g/mol. The van der Waals surface area contributed by atoms with Gasteiger partial charge in [0.2, 0.25) is 5.91 Å². The van der Waals surface area contributed by atoms with Crippen LogP contribution in [-0.2, 0) is 4.79 Å². The smallest absolute Gasteiger partial charge is 0.335 e. The largest absolute Gasteiger partial charge is 0.478 e. The van der Waals surface area contributed by atoms with Crippen molar-refractivity contribution < 1.29 is 14.7 Å². The third-order valence-electron chi connectivity index (χ3n) is 3.95. The van der Waals surface area contributed by atoms with E-state index >= 15 is 0 Å². The summed E-state index contributed by atoms with van der Waals surface area (Å²) in [6, 6.07) is 4.75. The molecule has 0 unspecified atom stereocenters. The minimum atomic E-state index is -1.000. The number of aryl methyl sites for hydroxylation is 1. The van der Waals surface area contributed by atoms with Crippen LogP contribution in [-0.4, -0.2) is 22.1 Å². The zero-order valence-electron chi connectivity index (χ0n) is 12.5. The van der Waals surface area contributed by atoms with Crippen molar-refractivity contribution in [2.24, 2.45) is 5.92 Å². The Labute approximate surface area is 135 Å². The molecule has 0 aliphatic heterocycles. The van der Waals surface area contributed by atoms with Gasteiger partial charge in [-0.2, -0.15) is 0 Å².